The van der Waals surface area contributed by atoms with Crippen molar-refractivity contribution in [1.82, 2.24) is 15.1 Å². The van der Waals surface area contributed by atoms with Crippen molar-refractivity contribution in [2.45, 2.75) is 155 Å². The molecule has 0 bridgehead atoms. The minimum absolute atomic E-state index is 0. The van der Waals surface area contributed by atoms with Crippen LogP contribution < -0.4 is 5.32 Å². The number of aliphatic imine (C=N–C) groups is 1. The number of carbonyl (C=O) groups is 6. The van der Waals surface area contributed by atoms with E-state index in [2.05, 4.69) is 49.0 Å². The number of isocyanates is 1. The number of amides is 3. The number of nitrogens with zero attached hydrogens (tertiary/aromatic N) is 3. The van der Waals surface area contributed by atoms with Gasteiger partial charge < -0.3 is 34.4 Å². The normalized spacial score (nSPS) is 10.8. The molecule has 0 fully saturated rings. The Labute approximate surface area is 440 Å². The molecule has 2 unspecified atom stereocenters. The van der Waals surface area contributed by atoms with E-state index in [1.165, 1.54) is 92.0 Å². The van der Waals surface area contributed by atoms with E-state index >= 15 is 0 Å². The first-order valence-corrected chi connectivity index (χ1v) is 33.1. The van der Waals surface area contributed by atoms with E-state index in [9.17, 15) is 33.6 Å². The van der Waals surface area contributed by atoms with Crippen molar-refractivity contribution in [2.24, 2.45) is 16.8 Å². The van der Waals surface area contributed by atoms with Crippen LogP contribution in [0.5, 0.6) is 0 Å². The predicted molar refractivity (Wildman–Crippen MR) is 293 cm³/mol. The van der Waals surface area contributed by atoms with Crippen molar-refractivity contribution in [3.63, 3.8) is 0 Å². The van der Waals surface area contributed by atoms with E-state index in [-0.39, 0.29) is 76.6 Å². The third-order valence-electron chi connectivity index (χ3n) is 9.50. The molecule has 70 heavy (non-hydrogen) atoms. The fourth-order valence-corrected chi connectivity index (χ4v) is 15.1. The van der Waals surface area contributed by atoms with E-state index in [4.69, 9.17) is 17.7 Å². The molecule has 0 aromatic rings. The van der Waals surface area contributed by atoms with Gasteiger partial charge in [0.15, 0.2) is 0 Å². The van der Waals surface area contributed by atoms with Gasteiger partial charge in [0.25, 0.3) is 0 Å². The van der Waals surface area contributed by atoms with Gasteiger partial charge in [-0.2, -0.15) is 23.5 Å². The zero-order valence-corrected chi connectivity index (χ0v) is 49.6. The molecule has 0 aromatic heterocycles. The van der Waals surface area contributed by atoms with E-state index in [1.807, 2.05) is 13.8 Å². The summed E-state index contributed by atoms with van der Waals surface area (Å²) in [5, 5.41) is 11.0. The van der Waals surface area contributed by atoms with Gasteiger partial charge in [0.05, 0.1) is 19.7 Å². The molecular weight excluding hydrogens is 1040 g/mol. The van der Waals surface area contributed by atoms with Crippen LogP contribution in [0.4, 0.5) is 4.79 Å². The van der Waals surface area contributed by atoms with Gasteiger partial charge in [-0.05, 0) is 13.8 Å². The number of aliphatic hydroxyl groups is 1. The van der Waals surface area contributed by atoms with E-state index in [0.29, 0.717) is 34.8 Å². The number of alkyl carbamates (subject to hydrolysis) is 1. The van der Waals surface area contributed by atoms with Crippen LogP contribution in [0.25, 0.3) is 0 Å². The van der Waals surface area contributed by atoms with Crippen molar-refractivity contribution >= 4 is 85.6 Å². The molecule has 0 rings (SSSR count). The summed E-state index contributed by atoms with van der Waals surface area (Å²) in [4.78, 5) is 83.9. The molecule has 410 valence electrons. The molecule has 0 saturated heterocycles. The SMILES string of the molecule is C.C=C(C)C(=O)OCCN=C=O.C=C(C)C(=O)OCCNC(=O)OCCSCC(C)C(=O)N(C)C.CC(CSCCO)C(=O)N(C)C.CCCCCCCCCCCC(=O)[O][SnH]([CH2]CCC)[CH2]CCC. The maximum atomic E-state index is 12.0. The Morgan fingerprint density at radius 2 is 1.11 bits per heavy atom. The first kappa shape index (κ1) is 75.9. The van der Waals surface area contributed by atoms with Crippen molar-refractivity contribution < 1.29 is 56.0 Å². The molecule has 3 amide bonds. The van der Waals surface area contributed by atoms with Crippen molar-refractivity contribution in [3.8, 4) is 0 Å². The summed E-state index contributed by atoms with van der Waals surface area (Å²) in [6, 6.07) is 0. The number of unbranched alkanes of at least 4 members (excludes halogenated alkanes) is 10. The molecule has 0 aromatic carbocycles. The van der Waals surface area contributed by atoms with E-state index in [0.717, 1.165) is 12.2 Å². The van der Waals surface area contributed by atoms with Gasteiger partial charge in [-0.3, -0.25) is 9.59 Å². The number of hydrogen-bond acceptors (Lipinski definition) is 15. The average Bonchev–Trinajstić information content (AvgIpc) is 3.31. The zero-order chi connectivity index (χ0) is 53.3. The van der Waals surface area contributed by atoms with Gasteiger partial charge in [0.2, 0.25) is 17.9 Å². The Morgan fingerprint density at radius 1 is 0.671 bits per heavy atom. The fraction of sp³-hybridized carbons (Fsp3) is 0.784. The summed E-state index contributed by atoms with van der Waals surface area (Å²) >= 11 is 1.17. The molecule has 0 saturated carbocycles. The van der Waals surface area contributed by atoms with Crippen LogP contribution in [0.1, 0.15) is 146 Å². The minimum atomic E-state index is -1.99. The fourth-order valence-electron chi connectivity index (χ4n) is 5.58. The molecule has 0 aliphatic rings. The van der Waals surface area contributed by atoms with Crippen LogP contribution in [0.15, 0.2) is 29.3 Å². The second-order valence-corrected chi connectivity index (χ2v) is 26.8. The van der Waals surface area contributed by atoms with Gasteiger partial charge in [-0.1, -0.05) is 41.4 Å². The molecule has 0 aliphatic heterocycles. The molecule has 19 heteroatoms. The van der Waals surface area contributed by atoms with Gasteiger partial charge in [0.1, 0.15) is 19.8 Å². The van der Waals surface area contributed by atoms with Gasteiger partial charge >= 0.3 is 165 Å². The Kier molecular flexibility index (Phi) is 59.9. The summed E-state index contributed by atoms with van der Waals surface area (Å²) in [5.74, 6) is 2.19. The topological polar surface area (TPSA) is 208 Å². The number of nitrogens with one attached hydrogen (secondary N) is 1. The molecule has 2 N–H and O–H groups in total. The first-order chi connectivity index (χ1) is 32.8. The zero-order valence-electron chi connectivity index (χ0n) is 44.6. The van der Waals surface area contributed by atoms with Gasteiger partial charge in [0, 0.05) is 74.2 Å². The summed E-state index contributed by atoms with van der Waals surface area (Å²) in [7, 11) is 6.97. The number of esters is 2. The number of ether oxygens (including phenoxy) is 3. The second-order valence-electron chi connectivity index (χ2n) is 17.0. The number of aliphatic hydroxyl groups excluding tert-OH is 1. The van der Waals surface area contributed by atoms with Crippen LogP contribution >= 0.6 is 23.5 Å². The number of rotatable bonds is 36. The van der Waals surface area contributed by atoms with Gasteiger partial charge in [-0.25, -0.2) is 24.2 Å². The molecule has 2 atom stereocenters. The monoisotopic (exact) mass is 1140 g/mol. The van der Waals surface area contributed by atoms with Crippen LogP contribution in [-0.4, -0.2) is 168 Å². The summed E-state index contributed by atoms with van der Waals surface area (Å²) in [6.45, 7) is 21.4. The third kappa shape index (κ3) is 54.3. The number of carbonyl (C=O) groups excluding carboxylic acids is 7. The Hall–Kier alpha value is -3.06. The standard InChI is InChI=1S/C15H26N2O5S.C12H24O2.C8H17NO2S.C7H9NO3.2C4H9.CH4.Sn.H/c1-11(2)14(19)21-7-6-16-15(20)22-8-9-23-10-12(3)13(18)17(4)5;1-2-3-4-5-6-7-8-9-10-11-12(13)14;1-7(6-12-5-4-10)8(11)9(2)3;1-6(2)7(10)11-4-3-8-5-9;2*1-3-4-2;;;/h12H,1,6-10H2,2-5H3,(H,16,20);2-11H2,1H3,(H,13,14);7,10H,4-6H2,1-3H3;1,3-4H2,2H3;2*1,3-4H2,2H3;1H4;;/q;;;;;;;+1;/p-1. The van der Waals surface area contributed by atoms with Crippen LogP contribution in [0.2, 0.25) is 8.87 Å². The molecule has 0 radical (unpaired) electrons. The molecule has 16 nitrogen and oxygen atoms in total. The first-order valence-electron chi connectivity index (χ1n) is 24.7. The van der Waals surface area contributed by atoms with E-state index in [1.54, 1.807) is 75.4 Å². The maximum absolute atomic E-state index is 12.0. The Bertz CT molecular complexity index is 1430. The van der Waals surface area contributed by atoms with Crippen molar-refractivity contribution in [3.05, 3.63) is 24.3 Å². The van der Waals surface area contributed by atoms with E-state index < -0.39 is 38.2 Å². The summed E-state index contributed by atoms with van der Waals surface area (Å²) < 4.78 is 22.8. The van der Waals surface area contributed by atoms with Crippen molar-refractivity contribution in [2.75, 3.05) is 90.7 Å². The molecule has 0 spiro atoms. The summed E-state index contributed by atoms with van der Waals surface area (Å²) in [6.07, 6.45) is 18.2. The summed E-state index contributed by atoms with van der Waals surface area (Å²) in [5.41, 5.74) is 0.645. The quantitative estimate of drug-likeness (QED) is 0.0114. The van der Waals surface area contributed by atoms with Crippen LogP contribution in [-0.2, 0) is 46.1 Å². The third-order valence-corrected chi connectivity index (χ3v) is 19.6. The molecule has 0 aliphatic carbocycles. The predicted octanol–water partition coefficient (Wildman–Crippen LogP) is 9.58. The second kappa shape index (κ2) is 55.3. The number of hydrogen-bond donors (Lipinski definition) is 2. The van der Waals surface area contributed by atoms with Crippen LogP contribution in [0, 0.1) is 11.8 Å². The Morgan fingerprint density at radius 3 is 1.54 bits per heavy atom. The molecule has 0 heterocycles. The average molecular weight is 1140 g/mol. The van der Waals surface area contributed by atoms with Crippen LogP contribution in [0.3, 0.4) is 0 Å². The number of thioether (sulfide) groups is 2. The van der Waals surface area contributed by atoms with Crippen molar-refractivity contribution in [1.29, 1.82) is 0 Å². The Balaban J connectivity index is -0.000000281. The van der Waals surface area contributed by atoms with Gasteiger partial charge in [-0.15, -0.1) is 0 Å². The molecular formula is C51H98N4O12S2Sn.